The minimum atomic E-state index is -0.402. The Labute approximate surface area is 164 Å². The van der Waals surface area contributed by atoms with Crippen LogP contribution in [-0.2, 0) is 14.3 Å². The third kappa shape index (κ3) is 4.35. The monoisotopic (exact) mass is 396 g/mol. The van der Waals surface area contributed by atoms with Gasteiger partial charge in [-0.25, -0.2) is 0 Å². The number of ether oxygens (including phenoxy) is 1. The fraction of sp³-hybridized carbons (Fsp3) is 0.579. The summed E-state index contributed by atoms with van der Waals surface area (Å²) < 4.78 is 5.15. The van der Waals surface area contributed by atoms with E-state index < -0.39 is 6.04 Å². The lowest BCUT2D eigenvalue weighted by Crippen LogP contribution is -2.47. The Morgan fingerprint density at radius 2 is 2.12 bits per heavy atom. The molecule has 0 N–H and O–H groups in total. The SMILES string of the molecule is CCOC(=O)[C@@H](C)N(CC(=O)N1CCS[C@H]1c1ccccc1Cl)C1CC1. The van der Waals surface area contributed by atoms with Crippen molar-refractivity contribution < 1.29 is 14.3 Å². The molecule has 1 aliphatic heterocycles. The van der Waals surface area contributed by atoms with Crippen molar-refractivity contribution in [3.8, 4) is 0 Å². The standard InChI is InChI=1S/C19H25ClN2O3S/c1-3-25-19(24)13(2)22(14-8-9-14)12-17(23)21-10-11-26-18(21)15-6-4-5-7-16(15)20/h4-7,13-14,18H,3,8-12H2,1-2H3/t13-,18+/m1/s1. The van der Waals surface area contributed by atoms with Crippen LogP contribution in [0.3, 0.4) is 0 Å². The van der Waals surface area contributed by atoms with Crippen molar-refractivity contribution >= 4 is 35.2 Å². The van der Waals surface area contributed by atoms with Crippen molar-refractivity contribution in [2.75, 3.05) is 25.4 Å². The summed E-state index contributed by atoms with van der Waals surface area (Å²) in [5, 5.41) is 0.624. The van der Waals surface area contributed by atoms with E-state index in [9.17, 15) is 9.59 Å². The maximum Gasteiger partial charge on any atom is 0.323 e. The molecule has 1 aliphatic carbocycles. The topological polar surface area (TPSA) is 49.9 Å². The highest BCUT2D eigenvalue weighted by molar-refractivity contribution is 7.99. The van der Waals surface area contributed by atoms with Crippen LogP contribution in [-0.4, -0.2) is 59.2 Å². The van der Waals surface area contributed by atoms with Crippen LogP contribution in [0.4, 0.5) is 0 Å². The maximum atomic E-state index is 13.0. The van der Waals surface area contributed by atoms with E-state index in [1.165, 1.54) is 0 Å². The number of hydrogen-bond donors (Lipinski definition) is 0. The lowest BCUT2D eigenvalue weighted by Gasteiger charge is -2.31. The smallest absolute Gasteiger partial charge is 0.323 e. The van der Waals surface area contributed by atoms with E-state index in [1.807, 2.05) is 41.0 Å². The Morgan fingerprint density at radius 1 is 1.38 bits per heavy atom. The Morgan fingerprint density at radius 3 is 2.77 bits per heavy atom. The number of carbonyl (C=O) groups is 2. The Balaban J connectivity index is 1.71. The predicted molar refractivity (Wildman–Crippen MR) is 104 cm³/mol. The molecular weight excluding hydrogens is 372 g/mol. The lowest BCUT2D eigenvalue weighted by molar-refractivity contribution is -0.150. The van der Waals surface area contributed by atoms with Crippen LogP contribution in [0, 0.1) is 0 Å². The van der Waals surface area contributed by atoms with Crippen molar-refractivity contribution in [1.29, 1.82) is 0 Å². The van der Waals surface area contributed by atoms with Gasteiger partial charge in [-0.2, -0.15) is 0 Å². The lowest BCUT2D eigenvalue weighted by atomic mass is 10.2. The van der Waals surface area contributed by atoms with Crippen LogP contribution in [0.25, 0.3) is 0 Å². The van der Waals surface area contributed by atoms with Crippen molar-refractivity contribution in [2.24, 2.45) is 0 Å². The number of rotatable bonds is 7. The summed E-state index contributed by atoms with van der Waals surface area (Å²) in [6, 6.07) is 7.58. The Kier molecular flexibility index (Phi) is 6.48. The molecule has 0 aromatic heterocycles. The molecular formula is C19H25ClN2O3S. The fourth-order valence-corrected chi connectivity index (χ4v) is 4.91. The van der Waals surface area contributed by atoms with Gasteiger partial charge in [0.2, 0.25) is 5.91 Å². The molecule has 7 heteroatoms. The third-order valence-electron chi connectivity index (χ3n) is 4.84. The van der Waals surface area contributed by atoms with Gasteiger partial charge in [0, 0.05) is 28.9 Å². The maximum absolute atomic E-state index is 13.0. The fourth-order valence-electron chi connectivity index (χ4n) is 3.29. The predicted octanol–water partition coefficient (Wildman–Crippen LogP) is 3.33. The molecule has 3 rings (SSSR count). The first-order valence-corrected chi connectivity index (χ1v) is 10.5. The Hall–Kier alpha value is -1.24. The van der Waals surface area contributed by atoms with Gasteiger partial charge in [0.05, 0.1) is 13.2 Å². The van der Waals surface area contributed by atoms with Crippen molar-refractivity contribution in [1.82, 2.24) is 9.80 Å². The zero-order chi connectivity index (χ0) is 18.7. The van der Waals surface area contributed by atoms with E-state index in [0.717, 1.165) is 24.2 Å². The number of amides is 1. The van der Waals surface area contributed by atoms with Crippen molar-refractivity contribution in [2.45, 2.75) is 44.1 Å². The van der Waals surface area contributed by atoms with E-state index >= 15 is 0 Å². The van der Waals surface area contributed by atoms with Gasteiger partial charge in [0.1, 0.15) is 11.4 Å². The Bertz CT molecular complexity index is 668. The van der Waals surface area contributed by atoms with E-state index in [2.05, 4.69) is 0 Å². The first kappa shape index (κ1) is 19.5. The van der Waals surface area contributed by atoms with Crippen molar-refractivity contribution in [3.63, 3.8) is 0 Å². The molecule has 1 amide bonds. The van der Waals surface area contributed by atoms with Gasteiger partial charge in [-0.3, -0.25) is 14.5 Å². The molecule has 0 bridgehead atoms. The zero-order valence-electron chi connectivity index (χ0n) is 15.2. The van der Waals surface area contributed by atoms with Crippen LogP contribution in [0.5, 0.6) is 0 Å². The molecule has 0 radical (unpaired) electrons. The molecule has 1 heterocycles. The number of esters is 1. The zero-order valence-corrected chi connectivity index (χ0v) is 16.8. The van der Waals surface area contributed by atoms with Gasteiger partial charge < -0.3 is 9.64 Å². The van der Waals surface area contributed by atoms with Crippen LogP contribution in [0.15, 0.2) is 24.3 Å². The van der Waals surface area contributed by atoms with Crippen LogP contribution in [0.2, 0.25) is 5.02 Å². The minimum Gasteiger partial charge on any atom is -0.465 e. The summed E-state index contributed by atoms with van der Waals surface area (Å²) in [6.45, 7) is 4.92. The average molecular weight is 397 g/mol. The number of carbonyl (C=O) groups excluding carboxylic acids is 2. The van der Waals surface area contributed by atoms with E-state index in [-0.39, 0.29) is 23.8 Å². The van der Waals surface area contributed by atoms with Gasteiger partial charge in [-0.1, -0.05) is 29.8 Å². The van der Waals surface area contributed by atoms with Gasteiger partial charge in [-0.05, 0) is 32.8 Å². The number of thioether (sulfide) groups is 1. The van der Waals surface area contributed by atoms with Gasteiger partial charge in [-0.15, -0.1) is 11.8 Å². The van der Waals surface area contributed by atoms with Crippen LogP contribution >= 0.6 is 23.4 Å². The molecule has 2 fully saturated rings. The number of benzene rings is 1. The third-order valence-corrected chi connectivity index (χ3v) is 6.43. The molecule has 142 valence electrons. The molecule has 0 spiro atoms. The molecule has 1 aromatic rings. The molecule has 1 aromatic carbocycles. The van der Waals surface area contributed by atoms with Crippen LogP contribution in [0.1, 0.15) is 37.6 Å². The first-order chi connectivity index (χ1) is 12.5. The number of nitrogens with zero attached hydrogens (tertiary/aromatic N) is 2. The first-order valence-electron chi connectivity index (χ1n) is 9.10. The molecule has 5 nitrogen and oxygen atoms in total. The van der Waals surface area contributed by atoms with E-state index in [0.29, 0.717) is 24.2 Å². The van der Waals surface area contributed by atoms with Crippen LogP contribution < -0.4 is 0 Å². The summed E-state index contributed by atoms with van der Waals surface area (Å²) in [5.41, 5.74) is 0.974. The number of hydrogen-bond acceptors (Lipinski definition) is 5. The quantitative estimate of drug-likeness (QED) is 0.661. The summed E-state index contributed by atoms with van der Waals surface area (Å²) in [6.07, 6.45) is 2.05. The second kappa shape index (κ2) is 8.63. The van der Waals surface area contributed by atoms with Crippen molar-refractivity contribution in [3.05, 3.63) is 34.9 Å². The van der Waals surface area contributed by atoms with Gasteiger partial charge >= 0.3 is 5.97 Å². The molecule has 0 unspecified atom stereocenters. The van der Waals surface area contributed by atoms with E-state index in [1.54, 1.807) is 18.7 Å². The molecule has 1 saturated heterocycles. The molecule has 2 aliphatic rings. The largest absolute Gasteiger partial charge is 0.465 e. The molecule has 26 heavy (non-hydrogen) atoms. The summed E-state index contributed by atoms with van der Waals surface area (Å²) in [4.78, 5) is 29.1. The summed E-state index contributed by atoms with van der Waals surface area (Å²) in [7, 11) is 0. The van der Waals surface area contributed by atoms with Gasteiger partial charge in [0.25, 0.3) is 0 Å². The molecule has 1 saturated carbocycles. The van der Waals surface area contributed by atoms with E-state index in [4.69, 9.17) is 16.3 Å². The highest BCUT2D eigenvalue weighted by Gasteiger charge is 2.39. The normalized spacial score (nSPS) is 21.1. The molecule has 2 atom stereocenters. The summed E-state index contributed by atoms with van der Waals surface area (Å²) >= 11 is 8.07. The average Bonchev–Trinajstić information content (AvgIpc) is 3.35. The number of halogens is 1. The minimum absolute atomic E-state index is 0.0444. The second-order valence-electron chi connectivity index (χ2n) is 6.66. The second-order valence-corrected chi connectivity index (χ2v) is 8.26. The highest BCUT2D eigenvalue weighted by Crippen LogP contribution is 2.41. The highest BCUT2D eigenvalue weighted by atomic mass is 35.5. The van der Waals surface area contributed by atoms with Gasteiger partial charge in [0.15, 0.2) is 0 Å². The summed E-state index contributed by atoms with van der Waals surface area (Å²) in [5.74, 6) is 0.673.